The summed E-state index contributed by atoms with van der Waals surface area (Å²) < 4.78 is 0. The van der Waals surface area contributed by atoms with Crippen molar-refractivity contribution in [3.8, 4) is 0 Å². The predicted molar refractivity (Wildman–Crippen MR) is 71.3 cm³/mol. The van der Waals surface area contributed by atoms with Gasteiger partial charge in [-0.25, -0.2) is 9.97 Å². The van der Waals surface area contributed by atoms with E-state index in [1.807, 2.05) is 18.3 Å². The Morgan fingerprint density at radius 2 is 2.29 bits per heavy atom. The van der Waals surface area contributed by atoms with Crippen LogP contribution in [0.25, 0.3) is 0 Å². The molecule has 0 radical (unpaired) electrons. The highest BCUT2D eigenvalue weighted by atomic mass is 15.2. The van der Waals surface area contributed by atoms with Crippen LogP contribution in [0.5, 0.6) is 0 Å². The molecule has 0 aromatic carbocycles. The van der Waals surface area contributed by atoms with Gasteiger partial charge in [-0.15, -0.1) is 6.58 Å². The maximum atomic E-state index is 4.66. The van der Waals surface area contributed by atoms with Crippen LogP contribution >= 0.6 is 0 Å². The fraction of sp³-hybridized carbons (Fsp3) is 0.571. The highest BCUT2D eigenvalue weighted by Gasteiger charge is 2.21. The fourth-order valence-corrected chi connectivity index (χ4v) is 2.29. The van der Waals surface area contributed by atoms with E-state index in [2.05, 4.69) is 35.3 Å². The molecule has 1 saturated heterocycles. The smallest absolute Gasteiger partial charge is 0.133 e. The number of hydrogen-bond donors (Lipinski definition) is 0. The molecule has 0 bridgehead atoms. The Labute approximate surface area is 104 Å². The second-order valence-corrected chi connectivity index (χ2v) is 4.92. The first kappa shape index (κ1) is 12.1. The summed E-state index contributed by atoms with van der Waals surface area (Å²) in [5, 5.41) is 0. The first-order chi connectivity index (χ1) is 8.22. The van der Waals surface area contributed by atoms with Crippen molar-refractivity contribution in [1.29, 1.82) is 0 Å². The van der Waals surface area contributed by atoms with Gasteiger partial charge in [0, 0.05) is 24.7 Å². The molecule has 0 unspecified atom stereocenters. The quantitative estimate of drug-likeness (QED) is 0.748. The number of nitrogens with zero attached hydrogens (tertiary/aromatic N) is 3. The number of piperidine rings is 1. The van der Waals surface area contributed by atoms with E-state index in [1.54, 1.807) is 0 Å². The molecule has 2 heterocycles. The summed E-state index contributed by atoms with van der Waals surface area (Å²) in [4.78, 5) is 11.3. The van der Waals surface area contributed by atoms with Crippen molar-refractivity contribution in [3.63, 3.8) is 0 Å². The molecule has 3 nitrogen and oxygen atoms in total. The van der Waals surface area contributed by atoms with E-state index in [0.717, 1.165) is 18.2 Å². The molecular weight excluding hydrogens is 210 g/mol. The van der Waals surface area contributed by atoms with Crippen molar-refractivity contribution in [1.82, 2.24) is 9.97 Å². The molecule has 0 aliphatic carbocycles. The zero-order valence-corrected chi connectivity index (χ0v) is 10.8. The van der Waals surface area contributed by atoms with Gasteiger partial charge in [0.05, 0.1) is 0 Å². The number of anilines is 1. The molecule has 1 aromatic heterocycles. The average molecular weight is 231 g/mol. The lowest BCUT2D eigenvalue weighted by Gasteiger charge is -2.35. The maximum Gasteiger partial charge on any atom is 0.133 e. The summed E-state index contributed by atoms with van der Waals surface area (Å²) >= 11 is 0. The van der Waals surface area contributed by atoms with Crippen molar-refractivity contribution in [2.75, 3.05) is 11.4 Å². The largest absolute Gasteiger partial charge is 0.350 e. The first-order valence-electron chi connectivity index (χ1n) is 6.44. The molecule has 1 atom stereocenters. The van der Waals surface area contributed by atoms with E-state index in [4.69, 9.17) is 0 Å². The number of aromatic nitrogens is 2. The summed E-state index contributed by atoms with van der Waals surface area (Å²) in [5.41, 5.74) is 0. The molecular formula is C14H21N3. The maximum absolute atomic E-state index is 4.66. The molecule has 1 aliphatic rings. The highest BCUT2D eigenvalue weighted by Crippen LogP contribution is 2.24. The molecule has 2 rings (SSSR count). The third-order valence-electron chi connectivity index (χ3n) is 3.29. The van der Waals surface area contributed by atoms with Gasteiger partial charge in [0.25, 0.3) is 0 Å². The van der Waals surface area contributed by atoms with Crippen LogP contribution in [-0.2, 0) is 0 Å². The lowest BCUT2D eigenvalue weighted by atomic mass is 10.0. The molecule has 1 aromatic rings. The fourth-order valence-electron chi connectivity index (χ4n) is 2.29. The summed E-state index contributed by atoms with van der Waals surface area (Å²) in [7, 11) is 0. The Morgan fingerprint density at radius 1 is 1.47 bits per heavy atom. The first-order valence-corrected chi connectivity index (χ1v) is 6.44. The van der Waals surface area contributed by atoms with Crippen LogP contribution in [-0.4, -0.2) is 22.6 Å². The lowest BCUT2D eigenvalue weighted by Crippen LogP contribution is -2.38. The Morgan fingerprint density at radius 3 is 3.00 bits per heavy atom. The van der Waals surface area contributed by atoms with Crippen LogP contribution in [0.4, 0.5) is 5.82 Å². The van der Waals surface area contributed by atoms with Crippen LogP contribution in [0.2, 0.25) is 0 Å². The molecule has 0 amide bonds. The topological polar surface area (TPSA) is 29.0 Å². The molecule has 3 heteroatoms. The van der Waals surface area contributed by atoms with Gasteiger partial charge in [-0.1, -0.05) is 19.9 Å². The standard InChI is InChI=1S/C14H21N3/c1-4-12-7-5-6-10-17(12)13-8-9-15-14(16-13)11(2)3/h4,8-9,11-12H,1,5-7,10H2,2-3H3/t12-/m0/s1. The molecule has 1 aliphatic heterocycles. The van der Waals surface area contributed by atoms with Gasteiger partial charge in [0.2, 0.25) is 0 Å². The van der Waals surface area contributed by atoms with Crippen molar-refractivity contribution >= 4 is 5.82 Å². The van der Waals surface area contributed by atoms with E-state index >= 15 is 0 Å². The SMILES string of the molecule is C=C[C@H]1CCCCN1c1ccnc(C(C)C)n1. The summed E-state index contributed by atoms with van der Waals surface area (Å²) in [6.07, 6.45) is 7.62. The van der Waals surface area contributed by atoms with Crippen molar-refractivity contribution in [2.45, 2.75) is 45.1 Å². The van der Waals surface area contributed by atoms with Gasteiger partial charge in [0.1, 0.15) is 11.6 Å². The van der Waals surface area contributed by atoms with E-state index in [0.29, 0.717) is 12.0 Å². The van der Waals surface area contributed by atoms with Crippen LogP contribution in [0, 0.1) is 0 Å². The van der Waals surface area contributed by atoms with Crippen LogP contribution in [0.15, 0.2) is 24.9 Å². The highest BCUT2D eigenvalue weighted by molar-refractivity contribution is 5.41. The van der Waals surface area contributed by atoms with Crippen LogP contribution in [0.1, 0.15) is 44.9 Å². The number of rotatable bonds is 3. The Bertz CT molecular complexity index is 387. The molecule has 0 saturated carbocycles. The number of hydrogen-bond acceptors (Lipinski definition) is 3. The Hall–Kier alpha value is -1.38. The van der Waals surface area contributed by atoms with Gasteiger partial charge >= 0.3 is 0 Å². The average Bonchev–Trinajstić information content (AvgIpc) is 2.39. The van der Waals surface area contributed by atoms with Crippen molar-refractivity contribution in [3.05, 3.63) is 30.7 Å². The second kappa shape index (κ2) is 5.30. The van der Waals surface area contributed by atoms with Crippen molar-refractivity contribution in [2.24, 2.45) is 0 Å². The molecule has 1 fully saturated rings. The van der Waals surface area contributed by atoms with Gasteiger partial charge in [-0.2, -0.15) is 0 Å². The van der Waals surface area contributed by atoms with E-state index in [9.17, 15) is 0 Å². The minimum Gasteiger partial charge on any atom is -0.350 e. The third kappa shape index (κ3) is 2.65. The molecule has 17 heavy (non-hydrogen) atoms. The minimum atomic E-state index is 0.377. The van der Waals surface area contributed by atoms with Gasteiger partial charge in [-0.3, -0.25) is 0 Å². The summed E-state index contributed by atoms with van der Waals surface area (Å²) in [5.74, 6) is 2.35. The second-order valence-electron chi connectivity index (χ2n) is 4.92. The summed E-state index contributed by atoms with van der Waals surface area (Å²) in [6, 6.07) is 2.44. The van der Waals surface area contributed by atoms with E-state index < -0.39 is 0 Å². The normalized spacial score (nSPS) is 20.6. The van der Waals surface area contributed by atoms with E-state index in [-0.39, 0.29) is 0 Å². The third-order valence-corrected chi connectivity index (χ3v) is 3.29. The molecule has 0 spiro atoms. The van der Waals surface area contributed by atoms with Gasteiger partial charge < -0.3 is 4.90 Å². The Balaban J connectivity index is 2.25. The van der Waals surface area contributed by atoms with Gasteiger partial charge in [-0.05, 0) is 25.3 Å². The van der Waals surface area contributed by atoms with Crippen molar-refractivity contribution < 1.29 is 0 Å². The lowest BCUT2D eigenvalue weighted by molar-refractivity contribution is 0.509. The zero-order valence-electron chi connectivity index (χ0n) is 10.8. The zero-order chi connectivity index (χ0) is 12.3. The minimum absolute atomic E-state index is 0.377. The predicted octanol–water partition coefficient (Wildman–Crippen LogP) is 3.14. The molecule has 0 N–H and O–H groups in total. The van der Waals surface area contributed by atoms with E-state index in [1.165, 1.54) is 19.3 Å². The Kier molecular flexibility index (Phi) is 3.77. The van der Waals surface area contributed by atoms with Crippen LogP contribution in [0.3, 0.4) is 0 Å². The van der Waals surface area contributed by atoms with Crippen LogP contribution < -0.4 is 4.90 Å². The van der Waals surface area contributed by atoms with Gasteiger partial charge in [0.15, 0.2) is 0 Å². The summed E-state index contributed by atoms with van der Waals surface area (Å²) in [6.45, 7) is 9.26. The molecule has 92 valence electrons. The monoisotopic (exact) mass is 231 g/mol.